The lowest BCUT2D eigenvalue weighted by Crippen LogP contribution is -2.32. The largest absolute Gasteiger partial charge is 0.396 e. The number of allylic oxidation sites excluding steroid dienone is 4. The third kappa shape index (κ3) is 6.38. The predicted molar refractivity (Wildman–Crippen MR) is 93.2 cm³/mol. The van der Waals surface area contributed by atoms with Gasteiger partial charge in [-0.1, -0.05) is 71.8 Å². The zero-order chi connectivity index (χ0) is 15.9. The molecule has 0 saturated heterocycles. The van der Waals surface area contributed by atoms with Crippen LogP contribution in [0, 0.1) is 29.1 Å². The van der Waals surface area contributed by atoms with E-state index in [9.17, 15) is 0 Å². The zero-order valence-corrected chi connectivity index (χ0v) is 14.8. The minimum Gasteiger partial charge on any atom is -0.396 e. The molecule has 0 spiro atoms. The summed E-state index contributed by atoms with van der Waals surface area (Å²) in [6.45, 7) is 12.0. The minimum absolute atomic E-state index is 0.287. The van der Waals surface area contributed by atoms with E-state index in [1.165, 1.54) is 19.3 Å². The third-order valence-electron chi connectivity index (χ3n) is 5.20. The maximum Gasteiger partial charge on any atom is 0.0436 e. The van der Waals surface area contributed by atoms with Crippen LogP contribution >= 0.6 is 0 Å². The first-order chi connectivity index (χ1) is 9.86. The summed E-state index contributed by atoms with van der Waals surface area (Å²) in [5.41, 5.74) is 0.458. The SMILES string of the molecule is CC(/C=C/C1C(C)CCCC1(C)C)C/C=C/C(C)CCO. The van der Waals surface area contributed by atoms with E-state index in [1.54, 1.807) is 0 Å². The van der Waals surface area contributed by atoms with E-state index in [2.05, 4.69) is 58.9 Å². The quantitative estimate of drug-likeness (QED) is 0.605. The Morgan fingerprint density at radius 3 is 2.52 bits per heavy atom. The molecule has 4 atom stereocenters. The van der Waals surface area contributed by atoms with Crippen LogP contribution in [0.5, 0.6) is 0 Å². The fraction of sp³-hybridized carbons (Fsp3) is 0.800. The van der Waals surface area contributed by atoms with E-state index < -0.39 is 0 Å². The first kappa shape index (κ1) is 18.5. The molecule has 0 amide bonds. The van der Waals surface area contributed by atoms with Crippen LogP contribution in [0.2, 0.25) is 0 Å². The number of aliphatic hydroxyl groups is 1. The summed E-state index contributed by atoms with van der Waals surface area (Å²) in [6.07, 6.45) is 15.6. The molecule has 0 heterocycles. The number of hydrogen-bond acceptors (Lipinski definition) is 1. The second kappa shape index (κ2) is 8.78. The van der Waals surface area contributed by atoms with E-state index in [-0.39, 0.29) is 6.61 Å². The van der Waals surface area contributed by atoms with Gasteiger partial charge in [-0.3, -0.25) is 0 Å². The number of rotatable bonds is 7. The van der Waals surface area contributed by atoms with Gasteiger partial charge in [0.05, 0.1) is 0 Å². The van der Waals surface area contributed by atoms with Crippen molar-refractivity contribution in [1.29, 1.82) is 0 Å². The van der Waals surface area contributed by atoms with Crippen LogP contribution in [0.15, 0.2) is 24.3 Å². The molecule has 0 bridgehead atoms. The molecule has 1 heteroatoms. The Hall–Kier alpha value is -0.560. The highest BCUT2D eigenvalue weighted by Crippen LogP contribution is 2.44. The first-order valence-corrected chi connectivity index (χ1v) is 8.82. The predicted octanol–water partition coefficient (Wildman–Crippen LogP) is 5.61. The summed E-state index contributed by atoms with van der Waals surface area (Å²) in [6, 6.07) is 0. The van der Waals surface area contributed by atoms with Gasteiger partial charge in [0, 0.05) is 6.61 Å². The van der Waals surface area contributed by atoms with Crippen molar-refractivity contribution >= 4 is 0 Å². The summed E-state index contributed by atoms with van der Waals surface area (Å²) in [4.78, 5) is 0. The molecular formula is C20H36O. The lowest BCUT2D eigenvalue weighted by atomic mass is 9.64. The highest BCUT2D eigenvalue weighted by Gasteiger charge is 2.34. The molecule has 0 radical (unpaired) electrons. The highest BCUT2D eigenvalue weighted by molar-refractivity contribution is 5.02. The number of hydrogen-bond donors (Lipinski definition) is 1. The van der Waals surface area contributed by atoms with Crippen molar-refractivity contribution in [2.45, 2.75) is 66.7 Å². The molecule has 1 aliphatic rings. The normalized spacial score (nSPS) is 29.0. The molecule has 4 unspecified atom stereocenters. The van der Waals surface area contributed by atoms with Crippen molar-refractivity contribution in [2.24, 2.45) is 29.1 Å². The van der Waals surface area contributed by atoms with Crippen molar-refractivity contribution in [3.8, 4) is 0 Å². The Kier molecular flexibility index (Phi) is 7.73. The Morgan fingerprint density at radius 1 is 1.19 bits per heavy atom. The van der Waals surface area contributed by atoms with E-state index in [0.29, 0.717) is 17.3 Å². The first-order valence-electron chi connectivity index (χ1n) is 8.82. The second-order valence-corrected chi connectivity index (χ2v) is 7.90. The molecular weight excluding hydrogens is 256 g/mol. The average molecular weight is 293 g/mol. The molecule has 1 fully saturated rings. The molecule has 1 aliphatic carbocycles. The van der Waals surface area contributed by atoms with Crippen LogP contribution < -0.4 is 0 Å². The summed E-state index contributed by atoms with van der Waals surface area (Å²) in [5, 5.41) is 8.90. The molecule has 122 valence electrons. The fourth-order valence-electron chi connectivity index (χ4n) is 3.66. The van der Waals surface area contributed by atoms with Crippen LogP contribution in [-0.2, 0) is 0 Å². The summed E-state index contributed by atoms with van der Waals surface area (Å²) < 4.78 is 0. The zero-order valence-electron chi connectivity index (χ0n) is 14.8. The molecule has 21 heavy (non-hydrogen) atoms. The molecule has 0 aliphatic heterocycles. The Balaban J connectivity index is 2.47. The van der Waals surface area contributed by atoms with Gasteiger partial charge < -0.3 is 5.11 Å². The minimum atomic E-state index is 0.287. The highest BCUT2D eigenvalue weighted by atomic mass is 16.3. The third-order valence-corrected chi connectivity index (χ3v) is 5.20. The topological polar surface area (TPSA) is 20.2 Å². The van der Waals surface area contributed by atoms with Gasteiger partial charge in [-0.25, -0.2) is 0 Å². The molecule has 1 N–H and O–H groups in total. The molecule has 1 rings (SSSR count). The molecule has 0 aromatic heterocycles. The lowest BCUT2D eigenvalue weighted by Gasteiger charge is -2.41. The van der Waals surface area contributed by atoms with Crippen LogP contribution in [-0.4, -0.2) is 11.7 Å². The van der Waals surface area contributed by atoms with Crippen molar-refractivity contribution in [3.05, 3.63) is 24.3 Å². The Labute approximate surface area is 132 Å². The van der Waals surface area contributed by atoms with E-state index in [1.807, 2.05) is 0 Å². The second-order valence-electron chi connectivity index (χ2n) is 7.90. The smallest absolute Gasteiger partial charge is 0.0436 e. The van der Waals surface area contributed by atoms with Crippen LogP contribution in [0.25, 0.3) is 0 Å². The maximum absolute atomic E-state index is 8.90. The molecule has 1 saturated carbocycles. The van der Waals surface area contributed by atoms with Gasteiger partial charge in [-0.2, -0.15) is 0 Å². The Morgan fingerprint density at radius 2 is 1.90 bits per heavy atom. The van der Waals surface area contributed by atoms with E-state index >= 15 is 0 Å². The molecule has 1 nitrogen and oxygen atoms in total. The van der Waals surface area contributed by atoms with Gasteiger partial charge in [-0.15, -0.1) is 0 Å². The van der Waals surface area contributed by atoms with Gasteiger partial charge >= 0.3 is 0 Å². The summed E-state index contributed by atoms with van der Waals surface area (Å²) in [5.74, 6) is 2.64. The van der Waals surface area contributed by atoms with Gasteiger partial charge in [-0.05, 0) is 48.3 Å². The van der Waals surface area contributed by atoms with E-state index in [0.717, 1.165) is 24.7 Å². The van der Waals surface area contributed by atoms with Crippen molar-refractivity contribution in [1.82, 2.24) is 0 Å². The summed E-state index contributed by atoms with van der Waals surface area (Å²) in [7, 11) is 0. The van der Waals surface area contributed by atoms with Crippen LogP contribution in [0.4, 0.5) is 0 Å². The van der Waals surface area contributed by atoms with Gasteiger partial charge in [0.1, 0.15) is 0 Å². The van der Waals surface area contributed by atoms with Crippen molar-refractivity contribution in [3.63, 3.8) is 0 Å². The average Bonchev–Trinajstić information content (AvgIpc) is 2.37. The number of aliphatic hydroxyl groups excluding tert-OH is 1. The molecule has 0 aromatic rings. The molecule has 0 aromatic carbocycles. The fourth-order valence-corrected chi connectivity index (χ4v) is 3.66. The summed E-state index contributed by atoms with van der Waals surface area (Å²) >= 11 is 0. The van der Waals surface area contributed by atoms with Gasteiger partial charge in [0.15, 0.2) is 0 Å². The van der Waals surface area contributed by atoms with Crippen LogP contribution in [0.3, 0.4) is 0 Å². The van der Waals surface area contributed by atoms with Crippen molar-refractivity contribution < 1.29 is 5.11 Å². The standard InChI is InChI=1S/C20H36O/c1-16(8-6-9-17(2)13-15-21)11-12-19-18(3)10-7-14-20(19,4)5/h6,9,11-12,16-19,21H,7-8,10,13-15H2,1-5H3/b9-6+,12-11+. The van der Waals surface area contributed by atoms with Gasteiger partial charge in [0.25, 0.3) is 0 Å². The van der Waals surface area contributed by atoms with Gasteiger partial charge in [0.2, 0.25) is 0 Å². The Bertz CT molecular complexity index is 340. The van der Waals surface area contributed by atoms with Crippen molar-refractivity contribution in [2.75, 3.05) is 6.61 Å². The monoisotopic (exact) mass is 292 g/mol. The van der Waals surface area contributed by atoms with E-state index in [4.69, 9.17) is 5.11 Å². The maximum atomic E-state index is 8.90. The van der Waals surface area contributed by atoms with Crippen LogP contribution in [0.1, 0.15) is 66.7 Å². The lowest BCUT2D eigenvalue weighted by molar-refractivity contribution is 0.122.